The molecule has 0 aromatic heterocycles. The lowest BCUT2D eigenvalue weighted by molar-refractivity contribution is -0.139. The van der Waals surface area contributed by atoms with Crippen LogP contribution in [0.2, 0.25) is 0 Å². The topological polar surface area (TPSA) is 55.6 Å². The van der Waals surface area contributed by atoms with E-state index >= 15 is 0 Å². The number of carbonyl (C=O) groups is 1. The fraction of sp³-hybridized carbons (Fsp3) is 0.929. The van der Waals surface area contributed by atoms with Crippen molar-refractivity contribution in [2.24, 2.45) is 17.6 Å². The lowest BCUT2D eigenvalue weighted by Crippen LogP contribution is -2.46. The van der Waals surface area contributed by atoms with Crippen molar-refractivity contribution in [3.63, 3.8) is 0 Å². The first kappa shape index (κ1) is 15.4. The Balaban J connectivity index is 2.59. The summed E-state index contributed by atoms with van der Waals surface area (Å²) in [6, 6.07) is 0.499. The quantitative estimate of drug-likeness (QED) is 0.813. The van der Waals surface area contributed by atoms with Crippen molar-refractivity contribution in [2.45, 2.75) is 52.1 Å². The highest BCUT2D eigenvalue weighted by Crippen LogP contribution is 2.29. The molecule has 1 amide bonds. The van der Waals surface area contributed by atoms with Gasteiger partial charge in [-0.15, -0.1) is 0 Å². The van der Waals surface area contributed by atoms with Gasteiger partial charge in [0.05, 0.1) is 6.61 Å². The van der Waals surface area contributed by atoms with Crippen LogP contribution in [0.5, 0.6) is 0 Å². The summed E-state index contributed by atoms with van der Waals surface area (Å²) in [4.78, 5) is 14.5. The van der Waals surface area contributed by atoms with Gasteiger partial charge >= 0.3 is 0 Å². The van der Waals surface area contributed by atoms with Gasteiger partial charge in [-0.3, -0.25) is 4.79 Å². The van der Waals surface area contributed by atoms with E-state index in [2.05, 4.69) is 20.8 Å². The van der Waals surface area contributed by atoms with Crippen LogP contribution in [-0.2, 0) is 9.53 Å². The number of hydrogen-bond acceptors (Lipinski definition) is 3. The second-order valence-corrected chi connectivity index (χ2v) is 5.77. The Bertz CT molecular complexity index is 269. The van der Waals surface area contributed by atoms with Crippen LogP contribution in [0.3, 0.4) is 0 Å². The predicted octanol–water partition coefficient (Wildman–Crippen LogP) is 1.63. The Labute approximate surface area is 111 Å². The Kier molecular flexibility index (Phi) is 6.09. The number of rotatable bonds is 5. The molecule has 0 aromatic carbocycles. The van der Waals surface area contributed by atoms with E-state index in [9.17, 15) is 4.79 Å². The van der Waals surface area contributed by atoms with Crippen molar-refractivity contribution >= 4 is 5.91 Å². The van der Waals surface area contributed by atoms with Gasteiger partial charge in [-0.1, -0.05) is 6.92 Å². The first-order chi connectivity index (χ1) is 8.47. The Hall–Kier alpha value is -0.610. The molecule has 0 saturated heterocycles. The molecule has 4 nitrogen and oxygen atoms in total. The third-order valence-corrected chi connectivity index (χ3v) is 4.03. The fourth-order valence-corrected chi connectivity index (χ4v) is 2.69. The molecule has 1 aliphatic rings. The highest BCUT2D eigenvalue weighted by molar-refractivity contribution is 5.79. The van der Waals surface area contributed by atoms with E-state index in [1.807, 2.05) is 4.90 Å². The zero-order valence-electron chi connectivity index (χ0n) is 12.2. The summed E-state index contributed by atoms with van der Waals surface area (Å²) in [6.07, 6.45) is 2.82. The molecule has 1 fully saturated rings. The first-order valence-corrected chi connectivity index (χ1v) is 7.02. The number of ether oxygens (including phenoxy) is 1. The van der Waals surface area contributed by atoms with Gasteiger partial charge in [0.1, 0.15) is 0 Å². The van der Waals surface area contributed by atoms with Gasteiger partial charge in [0.2, 0.25) is 5.91 Å². The van der Waals surface area contributed by atoms with Crippen molar-refractivity contribution < 1.29 is 9.53 Å². The van der Waals surface area contributed by atoms with Crippen molar-refractivity contribution in [2.75, 3.05) is 20.3 Å². The van der Waals surface area contributed by atoms with Gasteiger partial charge in [0.15, 0.2) is 0 Å². The van der Waals surface area contributed by atoms with Crippen LogP contribution < -0.4 is 5.73 Å². The molecule has 3 atom stereocenters. The highest BCUT2D eigenvalue weighted by Gasteiger charge is 2.32. The number of carbonyl (C=O) groups excluding carboxylic acids is 1. The van der Waals surface area contributed by atoms with E-state index in [4.69, 9.17) is 10.5 Å². The number of hydrogen-bond donors (Lipinski definition) is 1. The fourth-order valence-electron chi connectivity index (χ4n) is 2.69. The van der Waals surface area contributed by atoms with Gasteiger partial charge in [0, 0.05) is 31.7 Å². The second-order valence-electron chi connectivity index (χ2n) is 5.77. The molecule has 0 radical (unpaired) electrons. The summed E-state index contributed by atoms with van der Waals surface area (Å²) in [5.74, 6) is 0.879. The van der Waals surface area contributed by atoms with E-state index in [1.54, 1.807) is 7.11 Å². The molecule has 0 aromatic rings. The molecule has 0 spiro atoms. The zero-order chi connectivity index (χ0) is 13.7. The molecule has 2 N–H and O–H groups in total. The SMILES string of the molecule is COCCN(C(=O)C1CCC(N)C(C)C1)C(C)C. The molecule has 3 unspecified atom stereocenters. The minimum atomic E-state index is 0.152. The molecule has 18 heavy (non-hydrogen) atoms. The average Bonchev–Trinajstić information content (AvgIpc) is 2.32. The Morgan fingerprint density at radius 3 is 2.61 bits per heavy atom. The van der Waals surface area contributed by atoms with Crippen molar-refractivity contribution in [3.05, 3.63) is 0 Å². The van der Waals surface area contributed by atoms with Gasteiger partial charge in [-0.2, -0.15) is 0 Å². The number of nitrogens with zero attached hydrogens (tertiary/aromatic N) is 1. The van der Waals surface area contributed by atoms with Crippen LogP contribution in [-0.4, -0.2) is 43.2 Å². The normalized spacial score (nSPS) is 28.4. The predicted molar refractivity (Wildman–Crippen MR) is 73.2 cm³/mol. The van der Waals surface area contributed by atoms with Crippen LogP contribution in [0.25, 0.3) is 0 Å². The van der Waals surface area contributed by atoms with Crippen molar-refractivity contribution in [1.29, 1.82) is 0 Å². The summed E-state index contributed by atoms with van der Waals surface area (Å²) in [6.45, 7) is 7.56. The van der Waals surface area contributed by atoms with E-state index in [-0.39, 0.29) is 23.9 Å². The smallest absolute Gasteiger partial charge is 0.226 e. The Morgan fingerprint density at radius 1 is 1.44 bits per heavy atom. The summed E-state index contributed by atoms with van der Waals surface area (Å²) >= 11 is 0. The van der Waals surface area contributed by atoms with E-state index in [1.165, 1.54) is 0 Å². The molecule has 4 heteroatoms. The van der Waals surface area contributed by atoms with E-state index < -0.39 is 0 Å². The summed E-state index contributed by atoms with van der Waals surface area (Å²) in [5.41, 5.74) is 6.01. The minimum Gasteiger partial charge on any atom is -0.383 e. The number of amides is 1. The lowest BCUT2D eigenvalue weighted by atomic mass is 9.78. The third-order valence-electron chi connectivity index (χ3n) is 4.03. The van der Waals surface area contributed by atoms with Crippen LogP contribution >= 0.6 is 0 Å². The van der Waals surface area contributed by atoms with Crippen LogP contribution in [0, 0.1) is 11.8 Å². The molecule has 1 saturated carbocycles. The molecule has 0 bridgehead atoms. The zero-order valence-corrected chi connectivity index (χ0v) is 12.2. The summed E-state index contributed by atoms with van der Waals surface area (Å²) in [5, 5.41) is 0. The summed E-state index contributed by atoms with van der Waals surface area (Å²) in [7, 11) is 1.67. The molecule has 0 heterocycles. The number of nitrogens with two attached hydrogens (primary N) is 1. The maximum atomic E-state index is 12.5. The standard InChI is InChI=1S/C14H28N2O2/c1-10(2)16(7-8-18-4)14(17)12-5-6-13(15)11(3)9-12/h10-13H,5-9,15H2,1-4H3. The number of methoxy groups -OCH3 is 1. The van der Waals surface area contributed by atoms with Crippen LogP contribution in [0.1, 0.15) is 40.0 Å². The molecule has 0 aliphatic heterocycles. The monoisotopic (exact) mass is 256 g/mol. The van der Waals surface area contributed by atoms with E-state index in [0.29, 0.717) is 19.1 Å². The van der Waals surface area contributed by atoms with Crippen LogP contribution in [0.4, 0.5) is 0 Å². The minimum absolute atomic E-state index is 0.152. The summed E-state index contributed by atoms with van der Waals surface area (Å²) < 4.78 is 5.08. The van der Waals surface area contributed by atoms with E-state index in [0.717, 1.165) is 19.3 Å². The largest absolute Gasteiger partial charge is 0.383 e. The molecule has 1 rings (SSSR count). The molecular weight excluding hydrogens is 228 g/mol. The van der Waals surface area contributed by atoms with Gasteiger partial charge in [-0.05, 0) is 39.0 Å². The van der Waals surface area contributed by atoms with Crippen molar-refractivity contribution in [1.82, 2.24) is 4.90 Å². The van der Waals surface area contributed by atoms with Gasteiger partial charge in [0.25, 0.3) is 0 Å². The average molecular weight is 256 g/mol. The maximum Gasteiger partial charge on any atom is 0.226 e. The molecular formula is C14H28N2O2. The lowest BCUT2D eigenvalue weighted by Gasteiger charge is -2.36. The van der Waals surface area contributed by atoms with Gasteiger partial charge in [-0.25, -0.2) is 0 Å². The highest BCUT2D eigenvalue weighted by atomic mass is 16.5. The third kappa shape index (κ3) is 3.95. The molecule has 1 aliphatic carbocycles. The van der Waals surface area contributed by atoms with Crippen LogP contribution in [0.15, 0.2) is 0 Å². The maximum absolute atomic E-state index is 12.5. The van der Waals surface area contributed by atoms with Gasteiger partial charge < -0.3 is 15.4 Å². The molecule has 106 valence electrons. The first-order valence-electron chi connectivity index (χ1n) is 7.02. The van der Waals surface area contributed by atoms with Crippen molar-refractivity contribution in [3.8, 4) is 0 Å². The second kappa shape index (κ2) is 7.10. The Morgan fingerprint density at radius 2 is 2.11 bits per heavy atom.